The van der Waals surface area contributed by atoms with Crippen molar-refractivity contribution in [3.8, 4) is 0 Å². The Morgan fingerprint density at radius 2 is 1.61 bits per heavy atom. The summed E-state index contributed by atoms with van der Waals surface area (Å²) in [6, 6.07) is 19.4. The van der Waals surface area contributed by atoms with Crippen molar-refractivity contribution >= 4 is 17.8 Å². The number of esters is 1. The van der Waals surface area contributed by atoms with E-state index in [0.717, 1.165) is 24.0 Å². The molecule has 0 aliphatic heterocycles. The maximum absolute atomic E-state index is 13.3. The predicted molar refractivity (Wildman–Crippen MR) is 163 cm³/mol. The molecule has 0 aliphatic carbocycles. The summed E-state index contributed by atoms with van der Waals surface area (Å²) < 4.78 is 5.73. The smallest absolute Gasteiger partial charge is 0.309 e. The van der Waals surface area contributed by atoms with E-state index in [1.807, 2.05) is 66.7 Å². The van der Waals surface area contributed by atoms with Crippen LogP contribution in [0.2, 0.25) is 0 Å². The lowest BCUT2D eigenvalue weighted by atomic mass is 9.94. The summed E-state index contributed by atoms with van der Waals surface area (Å²) in [6.07, 6.45) is 6.69. The van der Waals surface area contributed by atoms with E-state index in [1.165, 1.54) is 0 Å². The molecule has 0 radical (unpaired) electrons. The van der Waals surface area contributed by atoms with Crippen LogP contribution in [0.15, 0.2) is 86.0 Å². The number of benzene rings is 2. The van der Waals surface area contributed by atoms with E-state index in [9.17, 15) is 19.5 Å². The van der Waals surface area contributed by atoms with E-state index in [2.05, 4.69) is 18.5 Å². The second-order valence-corrected chi connectivity index (χ2v) is 11.0. The van der Waals surface area contributed by atoms with Gasteiger partial charge in [-0.3, -0.25) is 14.4 Å². The average molecular weight is 563 g/mol. The van der Waals surface area contributed by atoms with Crippen LogP contribution in [0.25, 0.3) is 0 Å². The standard InChI is InChI=1S/C34H46N2O5/c1-5-7-10-20-30(23-27-16-11-8-12-17-27)33(40)41-26-34(3,4)35-32(39)29(15-6-2)24-31(38)36(21-22-37)25-28-18-13-9-14-19-28/h5-6,8-9,11-14,16-19,29-30,37H,1-2,7,10,15,20-26H2,3-4H3,(H,35,39)/t29-,30+/m0/s1. The van der Waals surface area contributed by atoms with Crippen molar-refractivity contribution in [1.29, 1.82) is 0 Å². The molecule has 2 N–H and O–H groups in total. The number of carbonyl (C=O) groups is 3. The van der Waals surface area contributed by atoms with Gasteiger partial charge in [-0.25, -0.2) is 0 Å². The molecule has 0 aromatic heterocycles. The van der Waals surface area contributed by atoms with Crippen molar-refractivity contribution in [2.24, 2.45) is 11.8 Å². The largest absolute Gasteiger partial charge is 0.463 e. The Balaban J connectivity index is 2.00. The summed E-state index contributed by atoms with van der Waals surface area (Å²) in [7, 11) is 0. The minimum absolute atomic E-state index is 0.00369. The lowest BCUT2D eigenvalue weighted by molar-refractivity contribution is -0.151. The van der Waals surface area contributed by atoms with Crippen LogP contribution in [0.4, 0.5) is 0 Å². The third kappa shape index (κ3) is 12.6. The van der Waals surface area contributed by atoms with Crippen molar-refractivity contribution in [3.05, 3.63) is 97.1 Å². The molecule has 0 bridgehead atoms. The van der Waals surface area contributed by atoms with Gasteiger partial charge in [-0.15, -0.1) is 13.2 Å². The van der Waals surface area contributed by atoms with Crippen LogP contribution in [-0.2, 0) is 32.1 Å². The van der Waals surface area contributed by atoms with Crippen LogP contribution in [-0.4, -0.2) is 53.1 Å². The molecule has 2 rings (SSSR count). The number of nitrogens with zero attached hydrogens (tertiary/aromatic N) is 1. The SMILES string of the molecule is C=CCCC[C@H](Cc1ccccc1)C(=O)OCC(C)(C)NC(=O)[C@@H](CC=C)CC(=O)N(CCO)Cc1ccccc1. The summed E-state index contributed by atoms with van der Waals surface area (Å²) in [4.78, 5) is 41.1. The Hall–Kier alpha value is -3.71. The molecule has 0 saturated carbocycles. The fourth-order valence-corrected chi connectivity index (χ4v) is 4.59. The maximum atomic E-state index is 13.3. The highest BCUT2D eigenvalue weighted by molar-refractivity contribution is 5.86. The topological polar surface area (TPSA) is 95.9 Å². The number of ether oxygens (including phenoxy) is 1. The van der Waals surface area contributed by atoms with Crippen molar-refractivity contribution in [2.75, 3.05) is 19.8 Å². The highest BCUT2D eigenvalue weighted by Crippen LogP contribution is 2.20. The number of allylic oxidation sites excluding steroid dienone is 2. The lowest BCUT2D eigenvalue weighted by Crippen LogP contribution is -2.50. The molecule has 7 nitrogen and oxygen atoms in total. The highest BCUT2D eigenvalue weighted by Gasteiger charge is 2.30. The van der Waals surface area contributed by atoms with Crippen LogP contribution < -0.4 is 5.32 Å². The average Bonchev–Trinajstić information content (AvgIpc) is 2.96. The first kappa shape index (κ1) is 33.5. The number of unbranched alkanes of at least 4 members (excludes halogenated alkanes) is 1. The summed E-state index contributed by atoms with van der Waals surface area (Å²) in [5.41, 5.74) is 1.17. The number of rotatable bonds is 19. The molecule has 0 saturated heterocycles. The molecular formula is C34H46N2O5. The zero-order valence-corrected chi connectivity index (χ0v) is 24.6. The van der Waals surface area contributed by atoms with E-state index in [4.69, 9.17) is 4.74 Å². The molecule has 41 heavy (non-hydrogen) atoms. The molecule has 2 aromatic carbocycles. The maximum Gasteiger partial charge on any atom is 0.309 e. The van der Waals surface area contributed by atoms with Crippen molar-refractivity contribution in [3.63, 3.8) is 0 Å². The van der Waals surface area contributed by atoms with Crippen LogP contribution in [0, 0.1) is 11.8 Å². The van der Waals surface area contributed by atoms with Gasteiger partial charge in [0.05, 0.1) is 24.0 Å². The van der Waals surface area contributed by atoms with Gasteiger partial charge in [0.1, 0.15) is 6.61 Å². The molecular weight excluding hydrogens is 516 g/mol. The second-order valence-electron chi connectivity index (χ2n) is 11.0. The van der Waals surface area contributed by atoms with Crippen molar-refractivity contribution in [2.45, 2.75) is 64.5 Å². The first-order valence-electron chi connectivity index (χ1n) is 14.4. The van der Waals surface area contributed by atoms with Crippen molar-refractivity contribution < 1.29 is 24.2 Å². The number of nitrogens with one attached hydrogen (secondary N) is 1. The van der Waals surface area contributed by atoms with Crippen LogP contribution in [0.3, 0.4) is 0 Å². The van der Waals surface area contributed by atoms with E-state index >= 15 is 0 Å². The summed E-state index contributed by atoms with van der Waals surface area (Å²) >= 11 is 0. The molecule has 0 unspecified atom stereocenters. The molecule has 2 aromatic rings. The van der Waals surface area contributed by atoms with Gasteiger partial charge in [0.25, 0.3) is 0 Å². The minimum Gasteiger partial charge on any atom is -0.463 e. The number of hydrogen-bond donors (Lipinski definition) is 2. The molecule has 2 amide bonds. The molecule has 7 heteroatoms. The molecule has 222 valence electrons. The predicted octanol–water partition coefficient (Wildman–Crippen LogP) is 5.24. The molecule has 0 heterocycles. The Morgan fingerprint density at radius 3 is 2.20 bits per heavy atom. The normalized spacial score (nSPS) is 12.6. The fourth-order valence-electron chi connectivity index (χ4n) is 4.59. The van der Waals surface area contributed by atoms with E-state index < -0.39 is 11.5 Å². The Labute approximate surface area is 245 Å². The van der Waals surface area contributed by atoms with Gasteiger partial charge >= 0.3 is 5.97 Å². The Bertz CT molecular complexity index is 1100. The number of amides is 2. The third-order valence-electron chi connectivity index (χ3n) is 6.84. The second kappa shape index (κ2) is 17.9. The van der Waals surface area contributed by atoms with Gasteiger partial charge in [-0.1, -0.05) is 72.8 Å². The van der Waals surface area contributed by atoms with E-state index in [-0.39, 0.29) is 49.9 Å². The van der Waals surface area contributed by atoms with Crippen molar-refractivity contribution in [1.82, 2.24) is 10.2 Å². The zero-order chi connectivity index (χ0) is 30.1. The number of aliphatic hydroxyl groups excluding tert-OH is 1. The van der Waals surface area contributed by atoms with Gasteiger partial charge in [0.2, 0.25) is 11.8 Å². The molecule has 0 spiro atoms. The van der Waals surface area contributed by atoms with E-state index in [0.29, 0.717) is 25.8 Å². The van der Waals surface area contributed by atoms with Gasteiger partial charge in [-0.05, 0) is 57.1 Å². The number of hydrogen-bond acceptors (Lipinski definition) is 5. The third-order valence-corrected chi connectivity index (χ3v) is 6.84. The Kier molecular flexibility index (Phi) is 14.6. The van der Waals surface area contributed by atoms with Gasteiger partial charge < -0.3 is 20.1 Å². The highest BCUT2D eigenvalue weighted by atomic mass is 16.5. The van der Waals surface area contributed by atoms with Gasteiger partial charge in [-0.2, -0.15) is 0 Å². The summed E-state index contributed by atoms with van der Waals surface area (Å²) in [5.74, 6) is -1.76. The Morgan fingerprint density at radius 1 is 0.976 bits per heavy atom. The monoisotopic (exact) mass is 562 g/mol. The number of aliphatic hydroxyl groups is 1. The first-order valence-corrected chi connectivity index (χ1v) is 14.4. The molecule has 0 aliphatic rings. The molecule has 2 atom stereocenters. The fraction of sp³-hybridized carbons (Fsp3) is 0.441. The first-order chi connectivity index (χ1) is 19.7. The molecule has 0 fully saturated rings. The lowest BCUT2D eigenvalue weighted by Gasteiger charge is -2.30. The van der Waals surface area contributed by atoms with Crippen LogP contribution in [0.5, 0.6) is 0 Å². The zero-order valence-electron chi connectivity index (χ0n) is 24.6. The summed E-state index contributed by atoms with van der Waals surface area (Å²) in [6.45, 7) is 11.5. The number of carbonyl (C=O) groups excluding carboxylic acids is 3. The van der Waals surface area contributed by atoms with Gasteiger partial charge in [0, 0.05) is 19.5 Å². The quantitative estimate of drug-likeness (QED) is 0.139. The summed E-state index contributed by atoms with van der Waals surface area (Å²) in [5, 5.41) is 12.5. The van der Waals surface area contributed by atoms with Gasteiger partial charge in [0.15, 0.2) is 0 Å². The van der Waals surface area contributed by atoms with Crippen LogP contribution >= 0.6 is 0 Å². The van der Waals surface area contributed by atoms with E-state index in [1.54, 1.807) is 24.8 Å². The minimum atomic E-state index is -0.845. The van der Waals surface area contributed by atoms with Crippen LogP contribution in [0.1, 0.15) is 57.1 Å².